The van der Waals surface area contributed by atoms with Gasteiger partial charge in [0.2, 0.25) is 0 Å². The number of ether oxygens (including phenoxy) is 1. The molecule has 2 heterocycles. The van der Waals surface area contributed by atoms with Gasteiger partial charge in [-0.05, 0) is 13.0 Å². The Labute approximate surface area is 163 Å². The fourth-order valence-electron chi connectivity index (χ4n) is 2.87. The number of rotatable bonds is 4. The minimum atomic E-state index is -4.94. The molecule has 158 valence electrons. The summed E-state index contributed by atoms with van der Waals surface area (Å²) >= 11 is 0. The molecular formula is C17H12F3N3O7. The lowest BCUT2D eigenvalue weighted by molar-refractivity contribution is -0.385. The smallest absolute Gasteiger partial charge is 0.431 e. The number of hydrogen-bond acceptors (Lipinski definition) is 7. The molecule has 0 aliphatic carbocycles. The Morgan fingerprint density at radius 2 is 1.93 bits per heavy atom. The summed E-state index contributed by atoms with van der Waals surface area (Å²) < 4.78 is 49.7. The van der Waals surface area contributed by atoms with Crippen LogP contribution in [0.3, 0.4) is 0 Å². The van der Waals surface area contributed by atoms with E-state index in [1.807, 2.05) is 0 Å². The van der Waals surface area contributed by atoms with Crippen molar-refractivity contribution in [2.24, 2.45) is 7.05 Å². The molecule has 0 aliphatic rings. The van der Waals surface area contributed by atoms with Gasteiger partial charge in [0.25, 0.3) is 11.2 Å². The number of hydrogen-bond donors (Lipinski definition) is 0. The zero-order valence-corrected chi connectivity index (χ0v) is 15.3. The Morgan fingerprint density at radius 1 is 1.27 bits per heavy atom. The first-order valence-corrected chi connectivity index (χ1v) is 8.24. The summed E-state index contributed by atoms with van der Waals surface area (Å²) in [6, 6.07) is 2.11. The van der Waals surface area contributed by atoms with E-state index in [1.165, 1.54) is 6.92 Å². The fourth-order valence-corrected chi connectivity index (χ4v) is 2.87. The van der Waals surface area contributed by atoms with Gasteiger partial charge in [-0.3, -0.25) is 19.5 Å². The molecule has 0 radical (unpaired) electrons. The largest absolute Gasteiger partial charge is 0.462 e. The third-order valence-electron chi connectivity index (χ3n) is 4.21. The monoisotopic (exact) mass is 427 g/mol. The van der Waals surface area contributed by atoms with Crippen LogP contribution in [-0.4, -0.2) is 26.6 Å². The molecule has 3 rings (SSSR count). The van der Waals surface area contributed by atoms with Gasteiger partial charge in [-0.1, -0.05) is 0 Å². The van der Waals surface area contributed by atoms with Crippen molar-refractivity contribution in [3.63, 3.8) is 0 Å². The summed E-state index contributed by atoms with van der Waals surface area (Å²) in [5.41, 5.74) is -5.66. The van der Waals surface area contributed by atoms with E-state index < -0.39 is 45.3 Å². The minimum absolute atomic E-state index is 0.0782. The third kappa shape index (κ3) is 3.33. The standard InChI is InChI=1S/C17H12F3N3O7/c1-3-29-15(25)9-4-8-11(7-30-12(8)5-10(9)23(27)28)22-14(24)6-13(17(18,19)20)21(2)16(22)26/h4-7H,3H2,1-2H3. The molecule has 0 spiro atoms. The van der Waals surface area contributed by atoms with Crippen molar-refractivity contribution in [1.29, 1.82) is 0 Å². The summed E-state index contributed by atoms with van der Waals surface area (Å²) in [6.07, 6.45) is -4.07. The average Bonchev–Trinajstić information content (AvgIpc) is 3.06. The normalized spacial score (nSPS) is 11.6. The van der Waals surface area contributed by atoms with Gasteiger partial charge in [-0.2, -0.15) is 13.2 Å². The van der Waals surface area contributed by atoms with E-state index in [1.54, 1.807) is 0 Å². The maximum atomic E-state index is 13.0. The second-order valence-corrected chi connectivity index (χ2v) is 6.01. The van der Waals surface area contributed by atoms with E-state index in [2.05, 4.69) is 0 Å². The maximum absolute atomic E-state index is 13.0. The summed E-state index contributed by atoms with van der Waals surface area (Å²) in [5, 5.41) is 11.2. The first-order chi connectivity index (χ1) is 14.0. The molecule has 0 saturated carbocycles. The molecule has 2 aromatic heterocycles. The summed E-state index contributed by atoms with van der Waals surface area (Å²) in [4.78, 5) is 47.3. The van der Waals surface area contributed by atoms with Gasteiger partial charge in [-0.15, -0.1) is 0 Å². The van der Waals surface area contributed by atoms with Gasteiger partial charge in [0.05, 0.1) is 23.3 Å². The van der Waals surface area contributed by atoms with Crippen LogP contribution in [0.4, 0.5) is 18.9 Å². The number of carbonyl (C=O) groups is 1. The minimum Gasteiger partial charge on any atom is -0.462 e. The van der Waals surface area contributed by atoms with E-state index in [-0.39, 0.29) is 33.9 Å². The van der Waals surface area contributed by atoms with Crippen LogP contribution >= 0.6 is 0 Å². The lowest BCUT2D eigenvalue weighted by Crippen LogP contribution is -2.40. The van der Waals surface area contributed by atoms with Gasteiger partial charge < -0.3 is 9.15 Å². The van der Waals surface area contributed by atoms with Crippen LogP contribution in [0.1, 0.15) is 23.0 Å². The van der Waals surface area contributed by atoms with Crippen LogP contribution in [0.25, 0.3) is 16.7 Å². The van der Waals surface area contributed by atoms with Crippen molar-refractivity contribution in [1.82, 2.24) is 9.13 Å². The van der Waals surface area contributed by atoms with Gasteiger partial charge >= 0.3 is 17.8 Å². The van der Waals surface area contributed by atoms with Crippen LogP contribution < -0.4 is 11.2 Å². The Hall–Kier alpha value is -3.90. The zero-order chi connectivity index (χ0) is 22.4. The molecule has 13 heteroatoms. The van der Waals surface area contributed by atoms with Crippen molar-refractivity contribution < 1.29 is 32.0 Å². The van der Waals surface area contributed by atoms with Crippen LogP contribution in [0.2, 0.25) is 0 Å². The summed E-state index contributed by atoms with van der Waals surface area (Å²) in [7, 11) is 0.832. The number of halogens is 3. The number of benzene rings is 1. The molecular weight excluding hydrogens is 415 g/mol. The Kier molecular flexibility index (Phi) is 4.98. The summed E-state index contributed by atoms with van der Waals surface area (Å²) in [5.74, 6) is -1.04. The highest BCUT2D eigenvalue weighted by Crippen LogP contribution is 2.32. The van der Waals surface area contributed by atoms with Crippen LogP contribution in [-0.2, 0) is 18.0 Å². The second-order valence-electron chi connectivity index (χ2n) is 6.01. The first kappa shape index (κ1) is 20.8. The number of aromatic nitrogens is 2. The third-order valence-corrected chi connectivity index (χ3v) is 4.21. The molecule has 3 aromatic rings. The highest BCUT2D eigenvalue weighted by atomic mass is 19.4. The average molecular weight is 427 g/mol. The predicted molar refractivity (Wildman–Crippen MR) is 94.7 cm³/mol. The first-order valence-electron chi connectivity index (χ1n) is 8.24. The van der Waals surface area contributed by atoms with Crippen LogP contribution in [0, 0.1) is 10.1 Å². The Balaban J connectivity index is 2.34. The van der Waals surface area contributed by atoms with Crippen molar-refractivity contribution in [3.8, 4) is 5.69 Å². The number of nitrogens with zero attached hydrogens (tertiary/aromatic N) is 3. The SMILES string of the molecule is CCOC(=O)c1cc2c(-n3c(=O)cc(C(F)(F)F)n(C)c3=O)coc2cc1[N+](=O)[O-]. The van der Waals surface area contributed by atoms with Crippen LogP contribution in [0.5, 0.6) is 0 Å². The molecule has 0 atom stereocenters. The lowest BCUT2D eigenvalue weighted by atomic mass is 10.1. The topological polar surface area (TPSA) is 127 Å². The maximum Gasteiger partial charge on any atom is 0.431 e. The van der Waals surface area contributed by atoms with Gasteiger partial charge in [0, 0.05) is 18.5 Å². The van der Waals surface area contributed by atoms with Crippen molar-refractivity contribution >= 4 is 22.6 Å². The molecule has 0 unspecified atom stereocenters. The molecule has 30 heavy (non-hydrogen) atoms. The molecule has 0 aliphatic heterocycles. The van der Waals surface area contributed by atoms with Crippen molar-refractivity contribution in [2.45, 2.75) is 13.1 Å². The molecule has 0 saturated heterocycles. The second kappa shape index (κ2) is 7.17. The van der Waals surface area contributed by atoms with Crippen molar-refractivity contribution in [2.75, 3.05) is 6.61 Å². The number of furan rings is 1. The highest BCUT2D eigenvalue weighted by Gasteiger charge is 2.35. The Bertz CT molecular complexity index is 1300. The van der Waals surface area contributed by atoms with E-state index in [0.29, 0.717) is 4.57 Å². The predicted octanol–water partition coefficient (Wildman–Crippen LogP) is 2.39. The van der Waals surface area contributed by atoms with Gasteiger partial charge in [0.15, 0.2) is 0 Å². The van der Waals surface area contributed by atoms with Crippen LogP contribution in [0.15, 0.2) is 38.5 Å². The van der Waals surface area contributed by atoms with E-state index in [4.69, 9.17) is 9.15 Å². The fraction of sp³-hybridized carbons (Fsp3) is 0.235. The molecule has 1 aromatic carbocycles. The molecule has 0 bridgehead atoms. The molecule has 0 amide bonds. The quantitative estimate of drug-likeness (QED) is 0.355. The number of esters is 1. The number of fused-ring (bicyclic) bond motifs is 1. The van der Waals surface area contributed by atoms with E-state index in [0.717, 1.165) is 25.4 Å². The Morgan fingerprint density at radius 3 is 2.50 bits per heavy atom. The van der Waals surface area contributed by atoms with E-state index >= 15 is 0 Å². The number of nitro benzene ring substituents is 1. The highest BCUT2D eigenvalue weighted by molar-refractivity contribution is 6.01. The van der Waals surface area contributed by atoms with Gasteiger partial charge in [0.1, 0.15) is 23.1 Å². The molecule has 0 fully saturated rings. The van der Waals surface area contributed by atoms with E-state index in [9.17, 15) is 37.7 Å². The van der Waals surface area contributed by atoms with Gasteiger partial charge in [-0.25, -0.2) is 14.2 Å². The van der Waals surface area contributed by atoms with Crippen molar-refractivity contribution in [3.05, 3.63) is 66.7 Å². The zero-order valence-electron chi connectivity index (χ0n) is 15.3. The lowest BCUT2D eigenvalue weighted by Gasteiger charge is -2.13. The molecule has 10 nitrogen and oxygen atoms in total. The number of nitro groups is 1. The number of alkyl halides is 3. The number of carbonyl (C=O) groups excluding carboxylic acids is 1. The summed E-state index contributed by atoms with van der Waals surface area (Å²) in [6.45, 7) is 1.40. The molecule has 0 N–H and O–H groups in total.